The summed E-state index contributed by atoms with van der Waals surface area (Å²) in [6.45, 7) is 1.92. The molecule has 0 saturated heterocycles. The fraction of sp³-hybridized carbons (Fsp3) is 0.300. The molecule has 0 saturated carbocycles. The van der Waals surface area contributed by atoms with Crippen LogP contribution in [0, 0.1) is 5.41 Å². The van der Waals surface area contributed by atoms with E-state index in [1.54, 1.807) is 24.3 Å². The number of benzene rings is 1. The average Bonchev–Trinajstić information content (AvgIpc) is 2.16. The van der Waals surface area contributed by atoms with Crippen LogP contribution >= 0.6 is 11.6 Å². The maximum Gasteiger partial charge on any atom is 0.155 e. The van der Waals surface area contributed by atoms with E-state index in [9.17, 15) is 0 Å². The minimum Gasteiger partial charge on any atom is -0.483 e. The van der Waals surface area contributed by atoms with Gasteiger partial charge in [0.1, 0.15) is 11.6 Å². The summed E-state index contributed by atoms with van der Waals surface area (Å²) in [6.07, 6.45) is 0.328. The van der Waals surface area contributed by atoms with Crippen LogP contribution in [0.15, 0.2) is 24.3 Å². The lowest BCUT2D eigenvalue weighted by molar-refractivity contribution is 0.260. The molecule has 3 nitrogen and oxygen atoms in total. The number of nitrogens with one attached hydrogen (secondary N) is 1. The minimum atomic E-state index is -0.351. The SMILES string of the molecule is CCC(Oc1ccc(Cl)cc1)C(=N)N. The van der Waals surface area contributed by atoms with Gasteiger partial charge in [0.05, 0.1) is 0 Å². The van der Waals surface area contributed by atoms with Gasteiger partial charge in [-0.3, -0.25) is 5.41 Å². The second kappa shape index (κ2) is 4.86. The molecule has 4 heteroatoms. The highest BCUT2D eigenvalue weighted by Crippen LogP contribution is 2.17. The highest BCUT2D eigenvalue weighted by atomic mass is 35.5. The van der Waals surface area contributed by atoms with Crippen LogP contribution in [0.4, 0.5) is 0 Å². The number of hydrogen-bond acceptors (Lipinski definition) is 2. The Bertz CT molecular complexity index is 310. The van der Waals surface area contributed by atoms with Gasteiger partial charge in [-0.25, -0.2) is 0 Å². The molecule has 76 valence electrons. The van der Waals surface area contributed by atoms with Crippen molar-refractivity contribution in [3.8, 4) is 5.75 Å². The Kier molecular flexibility index (Phi) is 3.77. The zero-order chi connectivity index (χ0) is 10.6. The van der Waals surface area contributed by atoms with Gasteiger partial charge in [-0.05, 0) is 30.7 Å². The molecule has 0 amide bonds. The van der Waals surface area contributed by atoms with E-state index in [0.717, 1.165) is 0 Å². The number of ether oxygens (including phenoxy) is 1. The van der Waals surface area contributed by atoms with Crippen molar-refractivity contribution < 1.29 is 4.74 Å². The largest absolute Gasteiger partial charge is 0.483 e. The van der Waals surface area contributed by atoms with Crippen molar-refractivity contribution in [1.29, 1.82) is 5.41 Å². The maximum atomic E-state index is 7.27. The van der Waals surface area contributed by atoms with E-state index in [4.69, 9.17) is 27.5 Å². The van der Waals surface area contributed by atoms with Crippen molar-refractivity contribution >= 4 is 17.4 Å². The van der Waals surface area contributed by atoms with Crippen LogP contribution in [-0.4, -0.2) is 11.9 Å². The quantitative estimate of drug-likeness (QED) is 0.595. The lowest BCUT2D eigenvalue weighted by Gasteiger charge is -2.15. The van der Waals surface area contributed by atoms with Crippen molar-refractivity contribution in [2.75, 3.05) is 0 Å². The summed E-state index contributed by atoms with van der Waals surface area (Å²) in [7, 11) is 0. The van der Waals surface area contributed by atoms with Crippen LogP contribution in [0.1, 0.15) is 13.3 Å². The smallest absolute Gasteiger partial charge is 0.155 e. The maximum absolute atomic E-state index is 7.27. The molecular formula is C10H13ClN2O. The third-order valence-electron chi connectivity index (χ3n) is 1.81. The van der Waals surface area contributed by atoms with Crippen molar-refractivity contribution in [2.24, 2.45) is 5.73 Å². The number of halogens is 1. The van der Waals surface area contributed by atoms with Crippen LogP contribution in [0.25, 0.3) is 0 Å². The zero-order valence-corrected chi connectivity index (χ0v) is 8.71. The second-order valence-electron chi connectivity index (χ2n) is 2.92. The molecule has 0 spiro atoms. The second-order valence-corrected chi connectivity index (χ2v) is 3.36. The lowest BCUT2D eigenvalue weighted by Crippen LogP contribution is -2.32. The summed E-state index contributed by atoms with van der Waals surface area (Å²) in [5.41, 5.74) is 5.36. The Labute approximate surface area is 88.3 Å². The first-order valence-electron chi connectivity index (χ1n) is 4.39. The van der Waals surface area contributed by atoms with Gasteiger partial charge in [0.25, 0.3) is 0 Å². The molecule has 0 aliphatic rings. The number of amidine groups is 1. The molecule has 1 atom stereocenters. The average molecular weight is 213 g/mol. The Morgan fingerprint density at radius 3 is 2.50 bits per heavy atom. The molecule has 1 aromatic rings. The summed E-state index contributed by atoms with van der Waals surface area (Å²) >= 11 is 5.72. The molecule has 1 unspecified atom stereocenters. The molecule has 0 aliphatic carbocycles. The molecule has 1 rings (SSSR count). The normalized spacial score (nSPS) is 12.1. The third-order valence-corrected chi connectivity index (χ3v) is 2.06. The van der Waals surface area contributed by atoms with Gasteiger partial charge < -0.3 is 10.5 Å². The van der Waals surface area contributed by atoms with Crippen molar-refractivity contribution in [2.45, 2.75) is 19.4 Å². The molecule has 14 heavy (non-hydrogen) atoms. The summed E-state index contributed by atoms with van der Waals surface area (Å²) in [5, 5.41) is 7.93. The Morgan fingerprint density at radius 1 is 1.50 bits per heavy atom. The van der Waals surface area contributed by atoms with E-state index < -0.39 is 0 Å². The standard InChI is InChI=1S/C10H13ClN2O/c1-2-9(10(12)13)14-8-5-3-7(11)4-6-8/h3-6,9H,2H2,1H3,(H3,12,13). The van der Waals surface area contributed by atoms with Gasteiger partial charge in [-0.1, -0.05) is 18.5 Å². The van der Waals surface area contributed by atoms with Gasteiger partial charge in [0.2, 0.25) is 0 Å². The fourth-order valence-corrected chi connectivity index (χ4v) is 1.17. The Hall–Kier alpha value is -1.22. The molecule has 0 bridgehead atoms. The summed E-state index contributed by atoms with van der Waals surface area (Å²) in [4.78, 5) is 0. The zero-order valence-electron chi connectivity index (χ0n) is 7.96. The van der Waals surface area contributed by atoms with Crippen molar-refractivity contribution in [3.05, 3.63) is 29.3 Å². The molecule has 3 N–H and O–H groups in total. The van der Waals surface area contributed by atoms with Gasteiger partial charge in [0, 0.05) is 5.02 Å². The highest BCUT2D eigenvalue weighted by Gasteiger charge is 2.10. The van der Waals surface area contributed by atoms with E-state index in [1.165, 1.54) is 0 Å². The van der Waals surface area contributed by atoms with E-state index in [1.807, 2.05) is 6.92 Å². The monoisotopic (exact) mass is 212 g/mol. The Morgan fingerprint density at radius 2 is 2.07 bits per heavy atom. The first-order chi connectivity index (χ1) is 6.63. The Balaban J connectivity index is 2.67. The minimum absolute atomic E-state index is 0.0439. The summed E-state index contributed by atoms with van der Waals surface area (Å²) < 4.78 is 5.47. The van der Waals surface area contributed by atoms with Crippen LogP contribution in [0.5, 0.6) is 5.75 Å². The first-order valence-corrected chi connectivity index (χ1v) is 4.77. The number of nitrogens with two attached hydrogens (primary N) is 1. The summed E-state index contributed by atoms with van der Waals surface area (Å²) in [5.74, 6) is 0.721. The van der Waals surface area contributed by atoms with Crippen LogP contribution in [0.3, 0.4) is 0 Å². The predicted molar refractivity (Wildman–Crippen MR) is 58.1 cm³/mol. The van der Waals surface area contributed by atoms with Crippen LogP contribution in [-0.2, 0) is 0 Å². The van der Waals surface area contributed by atoms with E-state index in [-0.39, 0.29) is 11.9 Å². The van der Waals surface area contributed by atoms with Crippen molar-refractivity contribution in [3.63, 3.8) is 0 Å². The first kappa shape index (κ1) is 10.9. The molecule has 1 aromatic carbocycles. The van der Waals surface area contributed by atoms with Gasteiger partial charge in [-0.15, -0.1) is 0 Å². The lowest BCUT2D eigenvalue weighted by atomic mass is 10.2. The van der Waals surface area contributed by atoms with Gasteiger partial charge in [-0.2, -0.15) is 0 Å². The van der Waals surface area contributed by atoms with E-state index in [0.29, 0.717) is 17.2 Å². The summed E-state index contributed by atoms with van der Waals surface area (Å²) in [6, 6.07) is 7.00. The van der Waals surface area contributed by atoms with Crippen LogP contribution in [0.2, 0.25) is 5.02 Å². The predicted octanol–water partition coefficient (Wildman–Crippen LogP) is 2.43. The van der Waals surface area contributed by atoms with E-state index in [2.05, 4.69) is 0 Å². The number of rotatable bonds is 4. The topological polar surface area (TPSA) is 59.1 Å². The third kappa shape index (κ3) is 2.92. The van der Waals surface area contributed by atoms with Gasteiger partial charge >= 0.3 is 0 Å². The number of hydrogen-bond donors (Lipinski definition) is 2. The van der Waals surface area contributed by atoms with Crippen molar-refractivity contribution in [1.82, 2.24) is 0 Å². The molecule has 0 radical (unpaired) electrons. The highest BCUT2D eigenvalue weighted by molar-refractivity contribution is 6.30. The molecular weight excluding hydrogens is 200 g/mol. The molecule has 0 aliphatic heterocycles. The molecule has 0 heterocycles. The van der Waals surface area contributed by atoms with Crippen LogP contribution < -0.4 is 10.5 Å². The molecule has 0 aromatic heterocycles. The van der Waals surface area contributed by atoms with Gasteiger partial charge in [0.15, 0.2) is 6.10 Å². The van der Waals surface area contributed by atoms with E-state index >= 15 is 0 Å². The molecule has 0 fully saturated rings. The fourth-order valence-electron chi connectivity index (χ4n) is 1.04.